The van der Waals surface area contributed by atoms with Gasteiger partial charge in [-0.25, -0.2) is 0 Å². The number of methoxy groups -OCH3 is 2. The molecule has 0 spiro atoms. The number of benzene rings is 1. The summed E-state index contributed by atoms with van der Waals surface area (Å²) in [6.07, 6.45) is 0.284. The van der Waals surface area contributed by atoms with Crippen molar-refractivity contribution in [1.29, 1.82) is 0 Å². The van der Waals surface area contributed by atoms with Gasteiger partial charge in [-0.2, -0.15) is 0 Å². The Labute approximate surface area is 129 Å². The van der Waals surface area contributed by atoms with Gasteiger partial charge in [-0.1, -0.05) is 37.3 Å². The Morgan fingerprint density at radius 2 is 1.59 bits per heavy atom. The minimum absolute atomic E-state index is 0.0322. The first kappa shape index (κ1) is 16.2. The van der Waals surface area contributed by atoms with E-state index < -0.39 is 29.2 Å². The second-order valence-electron chi connectivity index (χ2n) is 5.66. The van der Waals surface area contributed by atoms with E-state index in [4.69, 9.17) is 9.47 Å². The van der Waals surface area contributed by atoms with Crippen LogP contribution in [0.15, 0.2) is 30.3 Å². The molecule has 1 aromatic rings. The van der Waals surface area contributed by atoms with E-state index >= 15 is 0 Å². The van der Waals surface area contributed by atoms with E-state index in [1.807, 2.05) is 30.3 Å². The summed E-state index contributed by atoms with van der Waals surface area (Å²) in [4.78, 5) is 37.2. The molecule has 0 unspecified atom stereocenters. The Kier molecular flexibility index (Phi) is 4.64. The van der Waals surface area contributed by atoms with E-state index in [0.29, 0.717) is 0 Å². The zero-order chi connectivity index (χ0) is 16.3. The molecule has 1 aliphatic carbocycles. The molecule has 1 saturated carbocycles. The zero-order valence-electron chi connectivity index (χ0n) is 13.0. The van der Waals surface area contributed by atoms with Gasteiger partial charge in [-0.3, -0.25) is 14.4 Å². The predicted molar refractivity (Wildman–Crippen MR) is 79.1 cm³/mol. The number of carbonyl (C=O) groups excluding carboxylic acids is 3. The van der Waals surface area contributed by atoms with Crippen LogP contribution in [0.3, 0.4) is 0 Å². The zero-order valence-corrected chi connectivity index (χ0v) is 13.0. The molecule has 5 heteroatoms. The molecular formula is C17H20O5. The molecule has 0 aromatic heterocycles. The van der Waals surface area contributed by atoms with Crippen molar-refractivity contribution in [3.05, 3.63) is 35.9 Å². The SMILES string of the molecule is COC(=O)C1(C(=O)OC)[C@@H](c2ccccc2)CC(=O)C[C@@H]1C. The third-order valence-electron chi connectivity index (χ3n) is 4.54. The first-order valence-corrected chi connectivity index (χ1v) is 7.21. The first-order valence-electron chi connectivity index (χ1n) is 7.21. The Morgan fingerprint density at radius 1 is 1.05 bits per heavy atom. The molecule has 0 radical (unpaired) electrons. The van der Waals surface area contributed by atoms with Crippen LogP contribution in [-0.4, -0.2) is 31.9 Å². The predicted octanol–water partition coefficient (Wildman–Crippen LogP) is 2.10. The second-order valence-corrected chi connectivity index (χ2v) is 5.66. The van der Waals surface area contributed by atoms with Crippen LogP contribution in [0.25, 0.3) is 0 Å². The number of ether oxygens (including phenoxy) is 2. The lowest BCUT2D eigenvalue weighted by Crippen LogP contribution is -2.54. The van der Waals surface area contributed by atoms with Gasteiger partial charge in [0.1, 0.15) is 5.78 Å². The van der Waals surface area contributed by atoms with Crippen molar-refractivity contribution in [3.8, 4) is 0 Å². The van der Waals surface area contributed by atoms with Crippen molar-refractivity contribution < 1.29 is 23.9 Å². The van der Waals surface area contributed by atoms with Crippen LogP contribution in [-0.2, 0) is 23.9 Å². The van der Waals surface area contributed by atoms with Crippen molar-refractivity contribution in [2.75, 3.05) is 14.2 Å². The molecule has 118 valence electrons. The van der Waals surface area contributed by atoms with Gasteiger partial charge in [-0.15, -0.1) is 0 Å². The summed E-state index contributed by atoms with van der Waals surface area (Å²) in [6, 6.07) is 9.11. The lowest BCUT2D eigenvalue weighted by Gasteiger charge is -2.43. The van der Waals surface area contributed by atoms with E-state index in [9.17, 15) is 14.4 Å². The smallest absolute Gasteiger partial charge is 0.324 e. The highest BCUT2D eigenvalue weighted by molar-refractivity contribution is 6.04. The fourth-order valence-electron chi connectivity index (χ4n) is 3.49. The third-order valence-corrected chi connectivity index (χ3v) is 4.54. The highest BCUT2D eigenvalue weighted by atomic mass is 16.5. The molecular weight excluding hydrogens is 284 g/mol. The summed E-state index contributed by atoms with van der Waals surface area (Å²) in [7, 11) is 2.50. The Balaban J connectivity index is 2.64. The van der Waals surface area contributed by atoms with Gasteiger partial charge in [0.15, 0.2) is 5.41 Å². The van der Waals surface area contributed by atoms with E-state index in [-0.39, 0.29) is 18.6 Å². The minimum atomic E-state index is -1.49. The quantitative estimate of drug-likeness (QED) is 0.632. The van der Waals surface area contributed by atoms with E-state index in [1.54, 1.807) is 6.92 Å². The molecule has 0 saturated heterocycles. The summed E-state index contributed by atoms with van der Waals surface area (Å²) in [5.74, 6) is -2.32. The number of esters is 2. The minimum Gasteiger partial charge on any atom is -0.468 e. The average molecular weight is 304 g/mol. The van der Waals surface area contributed by atoms with Crippen LogP contribution in [0.2, 0.25) is 0 Å². The van der Waals surface area contributed by atoms with Gasteiger partial charge in [0, 0.05) is 18.8 Å². The van der Waals surface area contributed by atoms with Crippen LogP contribution in [0.5, 0.6) is 0 Å². The van der Waals surface area contributed by atoms with Crippen molar-refractivity contribution in [3.63, 3.8) is 0 Å². The molecule has 22 heavy (non-hydrogen) atoms. The maximum absolute atomic E-state index is 12.6. The molecule has 0 heterocycles. The largest absolute Gasteiger partial charge is 0.468 e. The highest BCUT2D eigenvalue weighted by Gasteiger charge is 2.61. The number of carbonyl (C=O) groups is 3. The van der Waals surface area contributed by atoms with Gasteiger partial charge < -0.3 is 9.47 Å². The van der Waals surface area contributed by atoms with Gasteiger partial charge in [0.05, 0.1) is 14.2 Å². The molecule has 0 N–H and O–H groups in total. The second kappa shape index (κ2) is 6.30. The molecule has 1 fully saturated rings. The van der Waals surface area contributed by atoms with Gasteiger partial charge >= 0.3 is 11.9 Å². The summed E-state index contributed by atoms with van der Waals surface area (Å²) in [5.41, 5.74) is -0.725. The van der Waals surface area contributed by atoms with Crippen LogP contribution < -0.4 is 0 Å². The first-order chi connectivity index (χ1) is 10.5. The maximum atomic E-state index is 12.6. The average Bonchev–Trinajstić information content (AvgIpc) is 2.54. The molecule has 0 bridgehead atoms. The fraction of sp³-hybridized carbons (Fsp3) is 0.471. The van der Waals surface area contributed by atoms with E-state index in [0.717, 1.165) is 5.56 Å². The molecule has 1 aliphatic rings. The van der Waals surface area contributed by atoms with Crippen molar-refractivity contribution >= 4 is 17.7 Å². The van der Waals surface area contributed by atoms with Crippen molar-refractivity contribution in [1.82, 2.24) is 0 Å². The lowest BCUT2D eigenvalue weighted by molar-refractivity contribution is -0.178. The number of rotatable bonds is 3. The van der Waals surface area contributed by atoms with Crippen LogP contribution >= 0.6 is 0 Å². The molecule has 0 amide bonds. The number of Topliss-reactive ketones (excluding diaryl/α,β-unsaturated/α-hetero) is 1. The van der Waals surface area contributed by atoms with Crippen LogP contribution in [0.1, 0.15) is 31.2 Å². The topological polar surface area (TPSA) is 69.7 Å². The van der Waals surface area contributed by atoms with E-state index in [1.165, 1.54) is 14.2 Å². The van der Waals surface area contributed by atoms with Crippen molar-refractivity contribution in [2.45, 2.75) is 25.7 Å². The molecule has 0 aliphatic heterocycles. The maximum Gasteiger partial charge on any atom is 0.324 e. The lowest BCUT2D eigenvalue weighted by atomic mass is 9.58. The Morgan fingerprint density at radius 3 is 2.09 bits per heavy atom. The molecule has 2 rings (SSSR count). The molecule has 1 aromatic carbocycles. The number of ketones is 1. The normalized spacial score (nSPS) is 23.7. The monoisotopic (exact) mass is 304 g/mol. The van der Waals surface area contributed by atoms with Gasteiger partial charge in [0.2, 0.25) is 0 Å². The highest BCUT2D eigenvalue weighted by Crippen LogP contribution is 2.51. The molecule has 5 nitrogen and oxygen atoms in total. The summed E-state index contributed by atoms with van der Waals surface area (Å²) >= 11 is 0. The van der Waals surface area contributed by atoms with E-state index in [2.05, 4.69) is 0 Å². The van der Waals surface area contributed by atoms with Crippen molar-refractivity contribution in [2.24, 2.45) is 11.3 Å². The van der Waals surface area contributed by atoms with Gasteiger partial charge in [-0.05, 0) is 11.5 Å². The number of hydrogen-bond acceptors (Lipinski definition) is 5. The Hall–Kier alpha value is -2.17. The summed E-state index contributed by atoms with van der Waals surface area (Å²) < 4.78 is 9.84. The fourth-order valence-corrected chi connectivity index (χ4v) is 3.49. The Bertz CT molecular complexity index is 562. The van der Waals surface area contributed by atoms with Crippen LogP contribution in [0.4, 0.5) is 0 Å². The third kappa shape index (κ3) is 2.40. The summed E-state index contributed by atoms with van der Waals surface area (Å²) in [6.45, 7) is 1.72. The standard InChI is InChI=1S/C17H20O5/c1-11-9-13(18)10-14(12-7-5-4-6-8-12)17(11,15(19)21-2)16(20)22-3/h4-8,11,14H,9-10H2,1-3H3/t11-,14+/m0/s1. The van der Waals surface area contributed by atoms with Crippen LogP contribution in [0, 0.1) is 11.3 Å². The number of hydrogen-bond donors (Lipinski definition) is 0. The van der Waals surface area contributed by atoms with Gasteiger partial charge in [0.25, 0.3) is 0 Å². The summed E-state index contributed by atoms with van der Waals surface area (Å²) in [5, 5.41) is 0. The molecule has 2 atom stereocenters.